The maximum absolute atomic E-state index is 13.1. The summed E-state index contributed by atoms with van der Waals surface area (Å²) in [6.45, 7) is 2.38. The minimum atomic E-state index is -0.347. The number of hydrogen-bond acceptors (Lipinski definition) is 3. The van der Waals surface area contributed by atoms with E-state index < -0.39 is 0 Å². The summed E-state index contributed by atoms with van der Waals surface area (Å²) in [7, 11) is 0. The van der Waals surface area contributed by atoms with Crippen LogP contribution in [-0.4, -0.2) is 18.4 Å². The molecule has 2 amide bonds. The highest BCUT2D eigenvalue weighted by Crippen LogP contribution is 2.39. The monoisotopic (exact) mass is 390 g/mol. The van der Waals surface area contributed by atoms with E-state index in [0.717, 1.165) is 0 Å². The van der Waals surface area contributed by atoms with Crippen LogP contribution in [-0.2, 0) is 11.2 Å². The fraction of sp³-hybridized carbons (Fsp3) is 0.130. The van der Waals surface area contributed by atoms with Crippen molar-refractivity contribution in [3.8, 4) is 11.5 Å². The predicted octanol–water partition coefficient (Wildman–Crippen LogP) is 4.78. The van der Waals surface area contributed by atoms with Gasteiger partial charge in [0.15, 0.2) is 5.75 Å². The van der Waals surface area contributed by atoms with Crippen LogP contribution in [0.15, 0.2) is 66.7 Å². The summed E-state index contributed by atoms with van der Waals surface area (Å²) in [6, 6.07) is 18.1. The summed E-state index contributed by atoms with van der Waals surface area (Å²) < 4.78 is 19.0. The molecule has 1 aliphatic heterocycles. The molecule has 0 aliphatic carbocycles. The third-order valence-corrected chi connectivity index (χ3v) is 4.71. The molecule has 0 radical (unpaired) electrons. The van der Waals surface area contributed by atoms with Gasteiger partial charge in [-0.05, 0) is 55.0 Å². The van der Waals surface area contributed by atoms with Crippen molar-refractivity contribution >= 4 is 23.2 Å². The average molecular weight is 390 g/mol. The SMILES string of the molecule is CCN1C(=O)c2cc(NC(=O)Cc3ccc(F)cc3)ccc2Oc2ccccc21. The maximum atomic E-state index is 13.1. The minimum Gasteiger partial charge on any atom is -0.454 e. The van der Waals surface area contributed by atoms with Gasteiger partial charge in [-0.2, -0.15) is 0 Å². The van der Waals surface area contributed by atoms with Crippen molar-refractivity contribution in [3.05, 3.63) is 83.7 Å². The highest BCUT2D eigenvalue weighted by atomic mass is 19.1. The number of fused-ring (bicyclic) bond motifs is 2. The number of rotatable bonds is 4. The average Bonchev–Trinajstić information content (AvgIpc) is 2.83. The van der Waals surface area contributed by atoms with E-state index in [4.69, 9.17) is 4.74 Å². The van der Waals surface area contributed by atoms with Crippen molar-refractivity contribution in [2.45, 2.75) is 13.3 Å². The summed E-state index contributed by atoms with van der Waals surface area (Å²) >= 11 is 0. The number of ether oxygens (including phenoxy) is 1. The van der Waals surface area contributed by atoms with Crippen LogP contribution in [0.5, 0.6) is 11.5 Å². The molecule has 3 aromatic carbocycles. The second kappa shape index (κ2) is 7.75. The lowest BCUT2D eigenvalue weighted by atomic mass is 10.1. The lowest BCUT2D eigenvalue weighted by molar-refractivity contribution is -0.115. The lowest BCUT2D eigenvalue weighted by Gasteiger charge is -2.19. The van der Waals surface area contributed by atoms with Gasteiger partial charge in [0, 0.05) is 12.2 Å². The molecular weight excluding hydrogens is 371 g/mol. The highest BCUT2D eigenvalue weighted by Gasteiger charge is 2.27. The van der Waals surface area contributed by atoms with E-state index >= 15 is 0 Å². The summed E-state index contributed by atoms with van der Waals surface area (Å²) in [5.74, 6) is 0.251. The number of halogens is 1. The third-order valence-electron chi connectivity index (χ3n) is 4.71. The molecule has 4 rings (SSSR count). The van der Waals surface area contributed by atoms with Gasteiger partial charge >= 0.3 is 0 Å². The van der Waals surface area contributed by atoms with E-state index in [2.05, 4.69) is 5.32 Å². The molecule has 0 atom stereocenters. The van der Waals surface area contributed by atoms with Crippen molar-refractivity contribution in [1.82, 2.24) is 0 Å². The highest BCUT2D eigenvalue weighted by molar-refractivity contribution is 6.10. The van der Waals surface area contributed by atoms with E-state index in [0.29, 0.717) is 40.5 Å². The quantitative estimate of drug-likeness (QED) is 0.698. The molecule has 0 saturated carbocycles. The van der Waals surface area contributed by atoms with Gasteiger partial charge in [-0.25, -0.2) is 4.39 Å². The molecule has 29 heavy (non-hydrogen) atoms. The first-order valence-corrected chi connectivity index (χ1v) is 9.32. The molecule has 0 saturated heterocycles. The Morgan fingerprint density at radius 1 is 1.03 bits per heavy atom. The van der Waals surface area contributed by atoms with Gasteiger partial charge in [-0.3, -0.25) is 9.59 Å². The molecule has 0 aromatic heterocycles. The predicted molar refractivity (Wildman–Crippen MR) is 109 cm³/mol. The second-order valence-electron chi connectivity index (χ2n) is 6.68. The van der Waals surface area contributed by atoms with E-state index in [1.54, 1.807) is 35.2 Å². The summed E-state index contributed by atoms with van der Waals surface area (Å²) in [4.78, 5) is 27.1. The molecule has 1 N–H and O–H groups in total. The molecular formula is C23H19FN2O3. The Balaban J connectivity index is 1.58. The summed E-state index contributed by atoms with van der Waals surface area (Å²) in [5, 5.41) is 2.79. The molecule has 0 bridgehead atoms. The number of para-hydroxylation sites is 2. The third kappa shape index (κ3) is 3.82. The fourth-order valence-electron chi connectivity index (χ4n) is 3.31. The van der Waals surface area contributed by atoms with Crippen LogP contribution in [0.1, 0.15) is 22.8 Å². The Kier molecular flexibility index (Phi) is 4.99. The number of hydrogen-bond donors (Lipinski definition) is 1. The first-order chi connectivity index (χ1) is 14.0. The van der Waals surface area contributed by atoms with Crippen LogP contribution >= 0.6 is 0 Å². The van der Waals surface area contributed by atoms with Crippen molar-refractivity contribution in [1.29, 1.82) is 0 Å². The van der Waals surface area contributed by atoms with Gasteiger partial charge in [-0.15, -0.1) is 0 Å². The Labute approximate surface area is 167 Å². The number of anilines is 2. The Morgan fingerprint density at radius 3 is 2.55 bits per heavy atom. The Hall–Kier alpha value is -3.67. The number of benzene rings is 3. The number of carbonyl (C=O) groups excluding carboxylic acids is 2. The largest absolute Gasteiger partial charge is 0.454 e. The summed E-state index contributed by atoms with van der Waals surface area (Å²) in [6.07, 6.45) is 0.105. The summed E-state index contributed by atoms with van der Waals surface area (Å²) in [5.41, 5.74) is 2.28. The number of nitrogens with one attached hydrogen (secondary N) is 1. The lowest BCUT2D eigenvalue weighted by Crippen LogP contribution is -2.29. The first-order valence-electron chi connectivity index (χ1n) is 9.32. The molecule has 0 fully saturated rings. The van der Waals surface area contributed by atoms with Crippen LogP contribution in [0.2, 0.25) is 0 Å². The van der Waals surface area contributed by atoms with E-state index in [1.807, 2.05) is 31.2 Å². The molecule has 6 heteroatoms. The minimum absolute atomic E-state index is 0.105. The Bertz CT molecular complexity index is 1080. The van der Waals surface area contributed by atoms with Crippen molar-refractivity contribution in [2.75, 3.05) is 16.8 Å². The zero-order chi connectivity index (χ0) is 20.4. The second-order valence-corrected chi connectivity index (χ2v) is 6.68. The van der Waals surface area contributed by atoms with Gasteiger partial charge in [0.25, 0.3) is 5.91 Å². The molecule has 3 aromatic rings. The fourth-order valence-corrected chi connectivity index (χ4v) is 3.31. The molecule has 5 nitrogen and oxygen atoms in total. The van der Waals surface area contributed by atoms with Gasteiger partial charge in [-0.1, -0.05) is 24.3 Å². The van der Waals surface area contributed by atoms with Crippen molar-refractivity contribution in [2.24, 2.45) is 0 Å². The van der Waals surface area contributed by atoms with Crippen LogP contribution < -0.4 is 15.0 Å². The number of nitrogens with zero attached hydrogens (tertiary/aromatic N) is 1. The van der Waals surface area contributed by atoms with E-state index in [9.17, 15) is 14.0 Å². The van der Waals surface area contributed by atoms with Gasteiger partial charge in [0.05, 0.1) is 17.7 Å². The normalized spacial score (nSPS) is 12.5. The van der Waals surface area contributed by atoms with Crippen LogP contribution in [0.4, 0.5) is 15.8 Å². The molecule has 0 unspecified atom stereocenters. The van der Waals surface area contributed by atoms with Crippen molar-refractivity contribution < 1.29 is 18.7 Å². The van der Waals surface area contributed by atoms with Crippen LogP contribution in [0.3, 0.4) is 0 Å². The van der Waals surface area contributed by atoms with E-state index in [-0.39, 0.29) is 24.1 Å². The molecule has 0 spiro atoms. The maximum Gasteiger partial charge on any atom is 0.262 e. The number of amides is 2. The first kappa shape index (κ1) is 18.7. The topological polar surface area (TPSA) is 58.6 Å². The van der Waals surface area contributed by atoms with Crippen LogP contribution in [0.25, 0.3) is 0 Å². The molecule has 1 heterocycles. The zero-order valence-corrected chi connectivity index (χ0v) is 15.8. The smallest absolute Gasteiger partial charge is 0.262 e. The van der Waals surface area contributed by atoms with Gasteiger partial charge in [0.2, 0.25) is 5.91 Å². The van der Waals surface area contributed by atoms with E-state index in [1.165, 1.54) is 12.1 Å². The molecule has 1 aliphatic rings. The standard InChI is InChI=1S/C23H19FN2O3/c1-2-26-19-5-3-4-6-21(19)29-20-12-11-17(14-18(20)23(26)28)25-22(27)13-15-7-9-16(24)10-8-15/h3-12,14H,2,13H2,1H3,(H,25,27). The molecule has 146 valence electrons. The van der Waals surface area contributed by atoms with Gasteiger partial charge < -0.3 is 15.0 Å². The Morgan fingerprint density at radius 2 is 1.79 bits per heavy atom. The van der Waals surface area contributed by atoms with Gasteiger partial charge in [0.1, 0.15) is 11.6 Å². The number of carbonyl (C=O) groups is 2. The van der Waals surface area contributed by atoms with Crippen LogP contribution in [0, 0.1) is 5.82 Å². The van der Waals surface area contributed by atoms with Crippen molar-refractivity contribution in [3.63, 3.8) is 0 Å². The zero-order valence-electron chi connectivity index (χ0n) is 15.8.